The summed E-state index contributed by atoms with van der Waals surface area (Å²) in [7, 11) is 0. The molecule has 0 atom stereocenters. The maximum Gasteiger partial charge on any atom is 0.228 e. The second kappa shape index (κ2) is 7.75. The highest BCUT2D eigenvalue weighted by Gasteiger charge is 2.26. The normalized spacial score (nSPS) is 14.9. The van der Waals surface area contributed by atoms with E-state index in [9.17, 15) is 4.79 Å². The Morgan fingerprint density at radius 1 is 1.11 bits per heavy atom. The molecule has 0 saturated carbocycles. The summed E-state index contributed by atoms with van der Waals surface area (Å²) in [6.07, 6.45) is 6.77. The van der Waals surface area contributed by atoms with Crippen molar-refractivity contribution in [2.24, 2.45) is 5.92 Å². The second-order valence-corrected chi connectivity index (χ2v) is 6.99. The van der Waals surface area contributed by atoms with Gasteiger partial charge < -0.3 is 10.2 Å². The first-order valence-electron chi connectivity index (χ1n) is 9.42. The fourth-order valence-electron chi connectivity index (χ4n) is 3.47. The number of hydrogen-bond donors (Lipinski definition) is 1. The van der Waals surface area contributed by atoms with Crippen molar-refractivity contribution in [2.45, 2.75) is 26.7 Å². The summed E-state index contributed by atoms with van der Waals surface area (Å²) in [5, 5.41) is 2.94. The molecule has 3 aromatic heterocycles. The van der Waals surface area contributed by atoms with Crippen molar-refractivity contribution in [3.8, 4) is 5.82 Å². The smallest absolute Gasteiger partial charge is 0.228 e. The van der Waals surface area contributed by atoms with E-state index in [4.69, 9.17) is 0 Å². The maximum atomic E-state index is 12.6. The van der Waals surface area contributed by atoms with Crippen LogP contribution in [0.2, 0.25) is 0 Å². The largest absolute Gasteiger partial charge is 0.356 e. The molecule has 1 amide bonds. The number of piperidine rings is 1. The zero-order valence-electron chi connectivity index (χ0n) is 16.0. The number of carbonyl (C=O) groups is 1. The van der Waals surface area contributed by atoms with Crippen LogP contribution in [-0.2, 0) is 4.79 Å². The number of amides is 1. The topological polar surface area (TPSA) is 88.8 Å². The van der Waals surface area contributed by atoms with Gasteiger partial charge in [0.05, 0.1) is 0 Å². The maximum absolute atomic E-state index is 12.6. The quantitative estimate of drug-likeness (QED) is 0.752. The Morgan fingerprint density at radius 3 is 2.61 bits per heavy atom. The molecule has 144 valence electrons. The van der Waals surface area contributed by atoms with Gasteiger partial charge in [-0.05, 0) is 38.8 Å². The molecule has 0 bridgehead atoms. The van der Waals surface area contributed by atoms with E-state index >= 15 is 0 Å². The van der Waals surface area contributed by atoms with Gasteiger partial charge in [0, 0.05) is 43.2 Å². The van der Waals surface area contributed by atoms with Gasteiger partial charge >= 0.3 is 0 Å². The summed E-state index contributed by atoms with van der Waals surface area (Å²) < 4.78 is 1.93. The van der Waals surface area contributed by atoms with E-state index in [0.717, 1.165) is 49.1 Å². The Balaban J connectivity index is 1.39. The Bertz CT molecular complexity index is 976. The molecule has 0 aromatic carbocycles. The zero-order chi connectivity index (χ0) is 19.5. The number of nitrogens with zero attached hydrogens (tertiary/aromatic N) is 6. The summed E-state index contributed by atoms with van der Waals surface area (Å²) in [6.45, 7) is 5.40. The van der Waals surface area contributed by atoms with Crippen molar-refractivity contribution >= 4 is 17.5 Å². The Hall–Kier alpha value is -3.29. The SMILES string of the molecule is Cc1cccc(NC(=O)C2CCN(c3cc(-n4ccnc4C)ncn3)CC2)n1. The number of carbonyl (C=O) groups excluding carboxylic acids is 1. The molecule has 3 aromatic rings. The molecule has 1 fully saturated rings. The van der Waals surface area contributed by atoms with Crippen LogP contribution in [0.15, 0.2) is 43.0 Å². The molecule has 0 unspecified atom stereocenters. The number of anilines is 2. The summed E-state index contributed by atoms with van der Waals surface area (Å²) in [5.74, 6) is 3.18. The number of pyridine rings is 1. The minimum atomic E-state index is -0.0178. The highest BCUT2D eigenvalue weighted by atomic mass is 16.1. The van der Waals surface area contributed by atoms with Gasteiger partial charge in [-0.2, -0.15) is 0 Å². The molecule has 1 saturated heterocycles. The molecule has 0 radical (unpaired) electrons. The number of nitrogens with one attached hydrogen (secondary N) is 1. The van der Waals surface area contributed by atoms with Crippen LogP contribution in [0.4, 0.5) is 11.6 Å². The molecule has 1 aliphatic heterocycles. The van der Waals surface area contributed by atoms with E-state index in [1.54, 1.807) is 12.5 Å². The molecule has 28 heavy (non-hydrogen) atoms. The van der Waals surface area contributed by atoms with E-state index < -0.39 is 0 Å². The van der Waals surface area contributed by atoms with Crippen molar-refractivity contribution in [3.05, 3.63) is 54.5 Å². The van der Waals surface area contributed by atoms with E-state index in [2.05, 4.69) is 30.2 Å². The number of aromatic nitrogens is 5. The van der Waals surface area contributed by atoms with Crippen LogP contribution in [0.5, 0.6) is 0 Å². The van der Waals surface area contributed by atoms with Crippen molar-refractivity contribution in [1.82, 2.24) is 24.5 Å². The van der Waals surface area contributed by atoms with Crippen molar-refractivity contribution < 1.29 is 4.79 Å². The predicted molar refractivity (Wildman–Crippen MR) is 106 cm³/mol. The van der Waals surface area contributed by atoms with Gasteiger partial charge in [0.25, 0.3) is 0 Å². The van der Waals surface area contributed by atoms with Crippen molar-refractivity contribution in [3.63, 3.8) is 0 Å². The minimum Gasteiger partial charge on any atom is -0.356 e. The molecule has 8 heteroatoms. The van der Waals surface area contributed by atoms with Gasteiger partial charge in [0.2, 0.25) is 5.91 Å². The fraction of sp³-hybridized carbons (Fsp3) is 0.350. The van der Waals surface area contributed by atoms with E-state index in [1.165, 1.54) is 0 Å². The average Bonchev–Trinajstić information content (AvgIpc) is 3.14. The monoisotopic (exact) mass is 377 g/mol. The fourth-order valence-corrected chi connectivity index (χ4v) is 3.47. The molecule has 4 rings (SSSR count). The Morgan fingerprint density at radius 2 is 1.89 bits per heavy atom. The van der Waals surface area contributed by atoms with Crippen LogP contribution in [-0.4, -0.2) is 43.5 Å². The van der Waals surface area contributed by atoms with Crippen molar-refractivity contribution in [1.29, 1.82) is 0 Å². The lowest BCUT2D eigenvalue weighted by atomic mass is 9.96. The lowest BCUT2D eigenvalue weighted by Gasteiger charge is -2.32. The van der Waals surface area contributed by atoms with Crippen LogP contribution in [0.3, 0.4) is 0 Å². The minimum absolute atomic E-state index is 0.0178. The third-order valence-electron chi connectivity index (χ3n) is 5.04. The first-order valence-corrected chi connectivity index (χ1v) is 9.42. The molecule has 4 heterocycles. The van der Waals surface area contributed by atoms with Gasteiger partial charge in [0.15, 0.2) is 0 Å². The third kappa shape index (κ3) is 3.85. The number of aryl methyl sites for hydroxylation is 2. The summed E-state index contributed by atoms with van der Waals surface area (Å²) in [6, 6.07) is 7.59. The predicted octanol–water partition coefficient (Wildman–Crippen LogP) is 2.53. The molecule has 1 N–H and O–H groups in total. The van der Waals surface area contributed by atoms with Crippen LogP contribution in [0, 0.1) is 19.8 Å². The first-order chi connectivity index (χ1) is 13.6. The van der Waals surface area contributed by atoms with Gasteiger partial charge in [0.1, 0.15) is 29.6 Å². The van der Waals surface area contributed by atoms with Gasteiger partial charge in [-0.1, -0.05) is 6.07 Å². The number of hydrogen-bond acceptors (Lipinski definition) is 6. The number of rotatable bonds is 4. The average molecular weight is 377 g/mol. The Kier molecular flexibility index (Phi) is 5.01. The van der Waals surface area contributed by atoms with E-state index in [-0.39, 0.29) is 11.8 Å². The highest BCUT2D eigenvalue weighted by Crippen LogP contribution is 2.24. The summed E-state index contributed by atoms with van der Waals surface area (Å²) >= 11 is 0. The molecule has 8 nitrogen and oxygen atoms in total. The van der Waals surface area contributed by atoms with Crippen LogP contribution < -0.4 is 10.2 Å². The lowest BCUT2D eigenvalue weighted by molar-refractivity contribution is -0.120. The van der Waals surface area contributed by atoms with E-state index in [1.807, 2.05) is 48.9 Å². The zero-order valence-corrected chi connectivity index (χ0v) is 16.0. The first kappa shape index (κ1) is 18.1. The molecular weight excluding hydrogens is 354 g/mol. The summed E-state index contributed by atoms with van der Waals surface area (Å²) in [4.78, 5) is 32.1. The molecule has 1 aliphatic rings. The molecule has 0 spiro atoms. The molecule has 0 aliphatic carbocycles. The van der Waals surface area contributed by atoms with Crippen LogP contribution >= 0.6 is 0 Å². The van der Waals surface area contributed by atoms with Crippen LogP contribution in [0.1, 0.15) is 24.4 Å². The number of imidazole rings is 1. The lowest BCUT2D eigenvalue weighted by Crippen LogP contribution is -2.38. The standard InChI is InChI=1S/C20H23N7O/c1-14-4-3-5-17(24-14)25-20(28)16-6-9-26(10-7-16)18-12-19(23-13-22-18)27-11-8-21-15(27)2/h3-5,8,11-13,16H,6-7,9-10H2,1-2H3,(H,24,25,28). The Labute approximate surface area is 163 Å². The van der Waals surface area contributed by atoms with Crippen molar-refractivity contribution in [2.75, 3.05) is 23.3 Å². The van der Waals surface area contributed by atoms with Gasteiger partial charge in [-0.15, -0.1) is 0 Å². The van der Waals surface area contributed by atoms with Crippen LogP contribution in [0.25, 0.3) is 5.82 Å². The van der Waals surface area contributed by atoms with Gasteiger partial charge in [-0.25, -0.2) is 19.9 Å². The summed E-state index contributed by atoms with van der Waals surface area (Å²) in [5.41, 5.74) is 0.889. The highest BCUT2D eigenvalue weighted by molar-refractivity contribution is 5.91. The second-order valence-electron chi connectivity index (χ2n) is 6.99. The van der Waals surface area contributed by atoms with Gasteiger partial charge in [-0.3, -0.25) is 9.36 Å². The van der Waals surface area contributed by atoms with E-state index in [0.29, 0.717) is 5.82 Å². The molecular formula is C20H23N7O. The third-order valence-corrected chi connectivity index (χ3v) is 5.04.